The summed E-state index contributed by atoms with van der Waals surface area (Å²) in [7, 11) is 0. The Morgan fingerprint density at radius 3 is 2.37 bits per heavy atom. The first kappa shape index (κ1) is 17.7. The fraction of sp³-hybridized carbons (Fsp3) is 0.238. The molecule has 0 radical (unpaired) electrons. The first-order valence-corrected chi connectivity index (χ1v) is 9.77. The molecule has 0 bridgehead atoms. The van der Waals surface area contributed by atoms with Gasteiger partial charge in [0.2, 0.25) is 0 Å². The molecule has 138 valence electrons. The summed E-state index contributed by atoms with van der Waals surface area (Å²) >= 11 is 1.43. The van der Waals surface area contributed by atoms with E-state index in [0.29, 0.717) is 36.7 Å². The predicted octanol–water partition coefficient (Wildman–Crippen LogP) is 4.22. The topological polar surface area (TPSA) is 36.4 Å². The van der Waals surface area contributed by atoms with Gasteiger partial charge >= 0.3 is 0 Å². The van der Waals surface area contributed by atoms with Crippen LogP contribution in [-0.2, 0) is 0 Å². The van der Waals surface area contributed by atoms with Crippen molar-refractivity contribution in [3.63, 3.8) is 0 Å². The third-order valence-electron chi connectivity index (χ3n) is 4.74. The first-order valence-electron chi connectivity index (χ1n) is 8.95. The number of benzene rings is 2. The Labute approximate surface area is 161 Å². The highest BCUT2D eigenvalue weighted by atomic mass is 32.1. The summed E-state index contributed by atoms with van der Waals surface area (Å²) in [6, 6.07) is 16.6. The van der Waals surface area contributed by atoms with E-state index in [1.807, 2.05) is 53.1 Å². The molecule has 0 spiro atoms. The van der Waals surface area contributed by atoms with Crippen molar-refractivity contribution in [3.05, 3.63) is 70.3 Å². The number of aromatic nitrogens is 1. The van der Waals surface area contributed by atoms with Crippen LogP contribution >= 0.6 is 11.3 Å². The van der Waals surface area contributed by atoms with E-state index in [4.69, 9.17) is 0 Å². The van der Waals surface area contributed by atoms with Crippen LogP contribution in [0.5, 0.6) is 0 Å². The lowest BCUT2D eigenvalue weighted by atomic mass is 10.1. The number of nitrogens with zero attached hydrogens (tertiary/aromatic N) is 3. The average Bonchev–Trinajstić information content (AvgIpc) is 3.10. The number of halogens is 1. The zero-order valence-corrected chi connectivity index (χ0v) is 15.9. The Hall–Kier alpha value is -2.73. The number of carbonyl (C=O) groups is 1. The van der Waals surface area contributed by atoms with Gasteiger partial charge in [0.1, 0.15) is 10.7 Å². The predicted molar refractivity (Wildman–Crippen MR) is 107 cm³/mol. The van der Waals surface area contributed by atoms with Gasteiger partial charge in [-0.3, -0.25) is 4.79 Å². The number of thiazole rings is 1. The van der Waals surface area contributed by atoms with E-state index in [-0.39, 0.29) is 11.7 Å². The molecular formula is C21H20FN3OS. The van der Waals surface area contributed by atoms with Crippen LogP contribution in [0.1, 0.15) is 14.7 Å². The molecule has 0 atom stereocenters. The monoisotopic (exact) mass is 381 g/mol. The van der Waals surface area contributed by atoms with Crippen LogP contribution in [0.2, 0.25) is 0 Å². The highest BCUT2D eigenvalue weighted by molar-refractivity contribution is 7.14. The molecule has 4 rings (SSSR count). The highest BCUT2D eigenvalue weighted by Gasteiger charge is 2.27. The Morgan fingerprint density at radius 2 is 1.67 bits per heavy atom. The van der Waals surface area contributed by atoms with E-state index < -0.39 is 0 Å². The second kappa shape index (κ2) is 7.48. The molecule has 27 heavy (non-hydrogen) atoms. The average molecular weight is 381 g/mol. The number of hydrogen-bond acceptors (Lipinski definition) is 4. The number of anilines is 1. The van der Waals surface area contributed by atoms with Crippen LogP contribution in [0, 0.1) is 12.7 Å². The van der Waals surface area contributed by atoms with Gasteiger partial charge in [-0.2, -0.15) is 0 Å². The molecule has 1 aliphatic heterocycles. The maximum atomic E-state index is 14.0. The normalized spacial score (nSPS) is 14.4. The molecule has 1 fully saturated rings. The van der Waals surface area contributed by atoms with Crippen LogP contribution in [0.15, 0.2) is 54.6 Å². The zero-order valence-electron chi connectivity index (χ0n) is 15.1. The van der Waals surface area contributed by atoms with Gasteiger partial charge in [-0.05, 0) is 19.1 Å². The number of aryl methyl sites for hydroxylation is 1. The fourth-order valence-corrected chi connectivity index (χ4v) is 4.27. The lowest BCUT2D eigenvalue weighted by molar-refractivity contribution is 0.0752. The van der Waals surface area contributed by atoms with E-state index in [9.17, 15) is 9.18 Å². The van der Waals surface area contributed by atoms with Gasteiger partial charge in [-0.25, -0.2) is 9.37 Å². The Balaban J connectivity index is 1.52. The summed E-state index contributed by atoms with van der Waals surface area (Å²) in [5.41, 5.74) is 2.30. The van der Waals surface area contributed by atoms with Gasteiger partial charge < -0.3 is 9.80 Å². The van der Waals surface area contributed by atoms with E-state index in [0.717, 1.165) is 16.3 Å². The molecule has 0 N–H and O–H groups in total. The van der Waals surface area contributed by atoms with Crippen molar-refractivity contribution in [3.8, 4) is 11.3 Å². The first-order chi connectivity index (χ1) is 13.1. The van der Waals surface area contributed by atoms with Gasteiger partial charge in [0.05, 0.1) is 16.4 Å². The zero-order chi connectivity index (χ0) is 18.8. The number of rotatable bonds is 3. The van der Waals surface area contributed by atoms with Crippen LogP contribution in [0.3, 0.4) is 0 Å². The van der Waals surface area contributed by atoms with Crippen LogP contribution in [-0.4, -0.2) is 42.0 Å². The summed E-state index contributed by atoms with van der Waals surface area (Å²) in [6.45, 7) is 4.29. The van der Waals surface area contributed by atoms with Gasteiger partial charge in [-0.15, -0.1) is 11.3 Å². The van der Waals surface area contributed by atoms with Crippen molar-refractivity contribution in [2.75, 3.05) is 31.1 Å². The molecule has 1 amide bonds. The van der Waals surface area contributed by atoms with E-state index in [1.165, 1.54) is 17.4 Å². The van der Waals surface area contributed by atoms with Gasteiger partial charge in [0.15, 0.2) is 0 Å². The second-order valence-corrected chi connectivity index (χ2v) is 7.71. The highest BCUT2D eigenvalue weighted by Crippen LogP contribution is 2.30. The Bertz CT molecular complexity index is 949. The quantitative estimate of drug-likeness (QED) is 0.682. The molecule has 3 aromatic rings. The third-order valence-corrected chi connectivity index (χ3v) is 5.69. The fourth-order valence-electron chi connectivity index (χ4n) is 3.37. The Morgan fingerprint density at radius 1 is 1.00 bits per heavy atom. The van der Waals surface area contributed by atoms with Crippen molar-refractivity contribution in [2.45, 2.75) is 6.92 Å². The van der Waals surface area contributed by atoms with Crippen LogP contribution in [0.4, 0.5) is 10.1 Å². The molecule has 2 heterocycles. The van der Waals surface area contributed by atoms with Gasteiger partial charge in [0.25, 0.3) is 5.91 Å². The summed E-state index contributed by atoms with van der Waals surface area (Å²) in [5.74, 6) is -0.214. The van der Waals surface area contributed by atoms with E-state index in [1.54, 1.807) is 12.1 Å². The molecule has 0 aliphatic carbocycles. The molecule has 0 unspecified atom stereocenters. The number of para-hydroxylation sites is 1. The van der Waals surface area contributed by atoms with Gasteiger partial charge in [-0.1, -0.05) is 42.5 Å². The smallest absolute Gasteiger partial charge is 0.266 e. The minimum Gasteiger partial charge on any atom is -0.366 e. The molecule has 1 saturated heterocycles. The number of carbonyl (C=O) groups excluding carboxylic acids is 1. The van der Waals surface area contributed by atoms with E-state index >= 15 is 0 Å². The maximum Gasteiger partial charge on any atom is 0.266 e. The van der Waals surface area contributed by atoms with Crippen LogP contribution < -0.4 is 4.90 Å². The minimum atomic E-state index is -0.221. The van der Waals surface area contributed by atoms with Crippen molar-refractivity contribution < 1.29 is 9.18 Å². The number of hydrogen-bond donors (Lipinski definition) is 0. The van der Waals surface area contributed by atoms with Crippen molar-refractivity contribution in [1.82, 2.24) is 9.88 Å². The summed E-state index contributed by atoms with van der Waals surface area (Å²) in [5, 5.41) is 0.877. The lowest BCUT2D eigenvalue weighted by Gasteiger charge is -2.36. The summed E-state index contributed by atoms with van der Waals surface area (Å²) in [4.78, 5) is 22.2. The molecule has 4 nitrogen and oxygen atoms in total. The van der Waals surface area contributed by atoms with Crippen LogP contribution in [0.25, 0.3) is 11.3 Å². The van der Waals surface area contributed by atoms with Gasteiger partial charge in [0, 0.05) is 31.7 Å². The largest absolute Gasteiger partial charge is 0.366 e. The molecule has 1 aliphatic rings. The molecule has 6 heteroatoms. The Kier molecular flexibility index (Phi) is 4.90. The molecule has 1 aromatic heterocycles. The van der Waals surface area contributed by atoms with E-state index in [2.05, 4.69) is 4.98 Å². The molecule has 2 aromatic carbocycles. The number of piperazine rings is 1. The molecule has 0 saturated carbocycles. The standard InChI is InChI=1S/C21H20FN3OS/c1-15-23-19(16-7-3-2-4-8-16)20(27-15)21(26)25-13-11-24(12-14-25)18-10-6-5-9-17(18)22/h2-10H,11-14H2,1H3. The summed E-state index contributed by atoms with van der Waals surface area (Å²) < 4.78 is 14.0. The SMILES string of the molecule is Cc1nc(-c2ccccc2)c(C(=O)N2CCN(c3ccccc3F)CC2)s1. The molecular weight excluding hydrogens is 361 g/mol. The van der Waals surface area contributed by atoms with Crippen molar-refractivity contribution in [1.29, 1.82) is 0 Å². The van der Waals surface area contributed by atoms with Crippen molar-refractivity contribution in [2.24, 2.45) is 0 Å². The summed E-state index contributed by atoms with van der Waals surface area (Å²) in [6.07, 6.45) is 0. The minimum absolute atomic E-state index is 0.00707. The third kappa shape index (κ3) is 3.57. The lowest BCUT2D eigenvalue weighted by Crippen LogP contribution is -2.49. The second-order valence-electron chi connectivity index (χ2n) is 6.51. The number of amides is 1. The maximum absolute atomic E-state index is 14.0. The van der Waals surface area contributed by atoms with Crippen molar-refractivity contribution >= 4 is 22.9 Å².